The molecule has 0 unspecified atom stereocenters. The molecule has 3 heteroatoms. The van der Waals surface area contributed by atoms with Crippen molar-refractivity contribution in [2.75, 3.05) is 12.9 Å². The zero-order valence-corrected chi connectivity index (χ0v) is 10.2. The molecule has 0 radical (unpaired) electrons. The Balaban J connectivity index is 4.62. The zero-order valence-electron chi connectivity index (χ0n) is 9.44. The molecule has 0 aliphatic heterocycles. The van der Waals surface area contributed by atoms with Crippen LogP contribution in [-0.4, -0.2) is 29.3 Å². The Kier molecular flexibility index (Phi) is 3.80. The minimum Gasteiger partial charge on any atom is -0.339 e. The number of carbonyl (C=O) groups is 1. The van der Waals surface area contributed by atoms with E-state index in [2.05, 4.69) is 0 Å². The quantitative estimate of drug-likeness (QED) is 0.635. The van der Waals surface area contributed by atoms with Crippen molar-refractivity contribution >= 4 is 17.5 Å². The molecule has 2 nitrogen and oxygen atoms in total. The van der Waals surface area contributed by atoms with Crippen molar-refractivity contribution in [3.05, 3.63) is 0 Å². The van der Waals surface area contributed by atoms with Gasteiger partial charge in [0.1, 0.15) is 0 Å². The summed E-state index contributed by atoms with van der Waals surface area (Å²) in [6.07, 6.45) is 0. The number of halogens is 1. The first-order valence-electron chi connectivity index (χ1n) is 4.47. The van der Waals surface area contributed by atoms with Crippen LogP contribution in [-0.2, 0) is 4.79 Å². The van der Waals surface area contributed by atoms with E-state index < -0.39 is 0 Å². The van der Waals surface area contributed by atoms with Crippen molar-refractivity contribution in [3.63, 3.8) is 0 Å². The molecule has 0 fully saturated rings. The van der Waals surface area contributed by atoms with E-state index >= 15 is 0 Å². The van der Waals surface area contributed by atoms with Crippen LogP contribution in [0.25, 0.3) is 0 Å². The van der Waals surface area contributed by atoms with Crippen molar-refractivity contribution < 1.29 is 4.79 Å². The van der Waals surface area contributed by atoms with Crippen molar-refractivity contribution in [1.82, 2.24) is 4.90 Å². The maximum absolute atomic E-state index is 11.8. The smallest absolute Gasteiger partial charge is 0.228 e. The minimum absolute atomic E-state index is 0.123. The van der Waals surface area contributed by atoms with Gasteiger partial charge in [0.25, 0.3) is 0 Å². The topological polar surface area (TPSA) is 20.3 Å². The van der Waals surface area contributed by atoms with Gasteiger partial charge in [0.15, 0.2) is 0 Å². The van der Waals surface area contributed by atoms with Crippen molar-refractivity contribution in [2.45, 2.75) is 40.2 Å². The molecule has 0 rings (SSSR count). The Morgan fingerprint density at radius 1 is 1.23 bits per heavy atom. The second kappa shape index (κ2) is 3.87. The van der Waals surface area contributed by atoms with Crippen LogP contribution in [0, 0.1) is 5.41 Å². The largest absolute Gasteiger partial charge is 0.339 e. The molecule has 0 aromatic carbocycles. The van der Waals surface area contributed by atoms with Gasteiger partial charge in [-0.05, 0) is 13.8 Å². The number of hydrogen-bond acceptors (Lipinski definition) is 1. The molecule has 0 aliphatic rings. The van der Waals surface area contributed by atoms with E-state index in [4.69, 9.17) is 11.6 Å². The molecule has 0 heterocycles. The lowest BCUT2D eigenvalue weighted by atomic mass is 9.92. The fourth-order valence-electron chi connectivity index (χ4n) is 0.868. The average molecular weight is 206 g/mol. The molecule has 0 saturated carbocycles. The van der Waals surface area contributed by atoms with Gasteiger partial charge in [-0.1, -0.05) is 20.8 Å². The Morgan fingerprint density at radius 2 is 1.62 bits per heavy atom. The predicted octanol–water partition coefficient (Wildman–Crippen LogP) is 2.51. The van der Waals surface area contributed by atoms with E-state index in [0.717, 1.165) is 0 Å². The van der Waals surface area contributed by atoms with Crippen molar-refractivity contribution in [2.24, 2.45) is 5.41 Å². The normalized spacial score (nSPS) is 12.8. The SMILES string of the molecule is CN(C(=O)C(C)(C)C)C(C)(C)CCl. The van der Waals surface area contributed by atoms with Gasteiger partial charge in [-0.2, -0.15) is 0 Å². The molecule has 1 amide bonds. The highest BCUT2D eigenvalue weighted by Gasteiger charge is 2.33. The van der Waals surface area contributed by atoms with E-state index in [0.29, 0.717) is 5.88 Å². The zero-order chi connectivity index (χ0) is 10.9. The Morgan fingerprint density at radius 3 is 1.85 bits per heavy atom. The average Bonchev–Trinajstić information content (AvgIpc) is 2.00. The minimum atomic E-state index is -0.335. The molecule has 0 aliphatic carbocycles. The third-order valence-electron chi connectivity index (χ3n) is 2.18. The first-order chi connectivity index (χ1) is 5.63. The predicted molar refractivity (Wildman–Crippen MR) is 57.0 cm³/mol. The van der Waals surface area contributed by atoms with Crippen LogP contribution >= 0.6 is 11.6 Å². The number of nitrogens with zero attached hydrogens (tertiary/aromatic N) is 1. The molecular formula is C10H20ClNO. The molecule has 13 heavy (non-hydrogen) atoms. The summed E-state index contributed by atoms with van der Waals surface area (Å²) in [6.45, 7) is 9.66. The van der Waals surface area contributed by atoms with Crippen LogP contribution in [0.15, 0.2) is 0 Å². The highest BCUT2D eigenvalue weighted by atomic mass is 35.5. The number of rotatable bonds is 2. The lowest BCUT2D eigenvalue weighted by molar-refractivity contribution is -0.142. The first kappa shape index (κ1) is 12.8. The molecule has 78 valence electrons. The van der Waals surface area contributed by atoms with Gasteiger partial charge < -0.3 is 4.90 Å². The monoisotopic (exact) mass is 205 g/mol. The number of amides is 1. The molecule has 0 bridgehead atoms. The van der Waals surface area contributed by atoms with E-state index in [9.17, 15) is 4.79 Å². The third kappa shape index (κ3) is 3.18. The maximum Gasteiger partial charge on any atom is 0.228 e. The van der Waals surface area contributed by atoms with E-state index in [-0.39, 0.29) is 16.9 Å². The van der Waals surface area contributed by atoms with E-state index in [1.165, 1.54) is 0 Å². The van der Waals surface area contributed by atoms with E-state index in [1.54, 1.807) is 11.9 Å². The van der Waals surface area contributed by atoms with Crippen LogP contribution < -0.4 is 0 Å². The first-order valence-corrected chi connectivity index (χ1v) is 5.00. The van der Waals surface area contributed by atoms with Gasteiger partial charge >= 0.3 is 0 Å². The Bertz CT molecular complexity index is 194. The molecule has 0 aromatic rings. The molecule has 0 N–H and O–H groups in total. The summed E-state index contributed by atoms with van der Waals surface area (Å²) in [7, 11) is 1.80. The molecule has 0 spiro atoms. The van der Waals surface area contributed by atoms with Crippen LogP contribution in [0.2, 0.25) is 0 Å². The highest BCUT2D eigenvalue weighted by Crippen LogP contribution is 2.23. The molecule has 0 aromatic heterocycles. The van der Waals surface area contributed by atoms with Gasteiger partial charge in [0, 0.05) is 18.3 Å². The summed E-state index contributed by atoms with van der Waals surface area (Å²) in [5, 5.41) is 0. The van der Waals surface area contributed by atoms with Gasteiger partial charge in [0.2, 0.25) is 5.91 Å². The van der Waals surface area contributed by atoms with Crippen LogP contribution in [0.4, 0.5) is 0 Å². The second-order valence-electron chi connectivity index (χ2n) is 5.06. The summed E-state index contributed by atoms with van der Waals surface area (Å²) in [5.41, 5.74) is -0.607. The summed E-state index contributed by atoms with van der Waals surface area (Å²) >= 11 is 5.79. The van der Waals surface area contributed by atoms with Crippen molar-refractivity contribution in [1.29, 1.82) is 0 Å². The van der Waals surface area contributed by atoms with Crippen LogP contribution in [0.1, 0.15) is 34.6 Å². The van der Waals surface area contributed by atoms with Gasteiger partial charge in [-0.15, -0.1) is 11.6 Å². The maximum atomic E-state index is 11.8. The Hall–Kier alpha value is -0.240. The van der Waals surface area contributed by atoms with E-state index in [1.807, 2.05) is 34.6 Å². The fraction of sp³-hybridized carbons (Fsp3) is 0.900. The second-order valence-corrected chi connectivity index (χ2v) is 5.33. The summed E-state index contributed by atoms with van der Waals surface area (Å²) in [4.78, 5) is 13.6. The molecular weight excluding hydrogens is 186 g/mol. The van der Waals surface area contributed by atoms with Crippen LogP contribution in [0.3, 0.4) is 0 Å². The highest BCUT2D eigenvalue weighted by molar-refractivity contribution is 6.18. The number of carbonyl (C=O) groups excluding carboxylic acids is 1. The molecule has 0 saturated heterocycles. The lowest BCUT2D eigenvalue weighted by Crippen LogP contribution is -2.50. The standard InChI is InChI=1S/C10H20ClNO/c1-9(2,3)8(13)12(6)10(4,5)7-11/h7H2,1-6H3. The lowest BCUT2D eigenvalue weighted by Gasteiger charge is -2.37. The van der Waals surface area contributed by atoms with Gasteiger partial charge in [-0.25, -0.2) is 0 Å². The van der Waals surface area contributed by atoms with Gasteiger partial charge in [-0.3, -0.25) is 4.79 Å². The van der Waals surface area contributed by atoms with Gasteiger partial charge in [0.05, 0.1) is 5.54 Å². The summed E-state index contributed by atoms with van der Waals surface area (Å²) < 4.78 is 0. The van der Waals surface area contributed by atoms with Crippen molar-refractivity contribution in [3.8, 4) is 0 Å². The fourth-order valence-corrected chi connectivity index (χ4v) is 1.05. The third-order valence-corrected chi connectivity index (χ3v) is 2.84. The number of alkyl halides is 1. The summed E-state index contributed by atoms with van der Waals surface area (Å²) in [5.74, 6) is 0.573. The number of hydrogen-bond donors (Lipinski definition) is 0. The molecule has 0 atom stereocenters. The Labute approximate surface area is 86.2 Å². The van der Waals surface area contributed by atoms with Crippen LogP contribution in [0.5, 0.6) is 0 Å². The summed E-state index contributed by atoms with van der Waals surface area (Å²) in [6, 6.07) is 0.